The lowest BCUT2D eigenvalue weighted by Crippen LogP contribution is -2.19. The van der Waals surface area contributed by atoms with Crippen LogP contribution in [0.3, 0.4) is 0 Å². The van der Waals surface area contributed by atoms with Crippen molar-refractivity contribution in [2.45, 2.75) is 17.1 Å². The third kappa shape index (κ3) is 4.24. The van der Waals surface area contributed by atoms with Gasteiger partial charge >= 0.3 is 0 Å². The smallest absolute Gasteiger partial charge is 0.0596 e. The molecule has 24 heavy (non-hydrogen) atoms. The molecular formula is C21H22ClNS. The van der Waals surface area contributed by atoms with Crippen LogP contribution in [0.1, 0.15) is 23.1 Å². The summed E-state index contributed by atoms with van der Waals surface area (Å²) in [5, 5.41) is 0. The fourth-order valence-corrected chi connectivity index (χ4v) is 3.98. The van der Waals surface area contributed by atoms with Crippen LogP contribution < -0.4 is 0 Å². The van der Waals surface area contributed by atoms with E-state index in [0.717, 1.165) is 18.7 Å². The second-order valence-corrected chi connectivity index (χ2v) is 6.81. The quantitative estimate of drug-likeness (QED) is 0.702. The summed E-state index contributed by atoms with van der Waals surface area (Å²) < 4.78 is 0. The van der Waals surface area contributed by atoms with Crippen LogP contribution in [0.2, 0.25) is 0 Å². The molecule has 1 nitrogen and oxygen atoms in total. The normalized spacial score (nSPS) is 14.3. The highest BCUT2D eigenvalue weighted by Crippen LogP contribution is 2.39. The van der Waals surface area contributed by atoms with Gasteiger partial charge in [-0.15, -0.1) is 30.6 Å². The Balaban J connectivity index is 0.00000208. The van der Waals surface area contributed by atoms with E-state index in [2.05, 4.69) is 72.5 Å². The molecule has 0 aromatic heterocycles. The van der Waals surface area contributed by atoms with E-state index in [1.807, 2.05) is 11.8 Å². The predicted molar refractivity (Wildman–Crippen MR) is 108 cm³/mol. The molecule has 0 fully saturated rings. The second kappa shape index (κ2) is 8.99. The van der Waals surface area contributed by atoms with E-state index in [9.17, 15) is 0 Å². The number of hydrogen-bond acceptors (Lipinski definition) is 2. The third-order valence-corrected chi connectivity index (χ3v) is 5.21. The number of nitrogens with zero attached hydrogens (tertiary/aromatic N) is 1. The van der Waals surface area contributed by atoms with E-state index >= 15 is 0 Å². The van der Waals surface area contributed by atoms with Gasteiger partial charge in [-0.3, -0.25) is 4.90 Å². The molecule has 3 heteroatoms. The van der Waals surface area contributed by atoms with Gasteiger partial charge in [0.15, 0.2) is 0 Å². The van der Waals surface area contributed by atoms with Crippen molar-refractivity contribution in [3.05, 3.63) is 71.3 Å². The van der Waals surface area contributed by atoms with Gasteiger partial charge < -0.3 is 0 Å². The van der Waals surface area contributed by atoms with Gasteiger partial charge in [-0.05, 0) is 41.8 Å². The molecule has 0 unspecified atom stereocenters. The molecule has 1 heterocycles. The summed E-state index contributed by atoms with van der Waals surface area (Å²) in [6.45, 7) is 1.68. The van der Waals surface area contributed by atoms with E-state index in [4.69, 9.17) is 6.42 Å². The SMILES string of the molecule is C#CCN(C)CC/C=C1\c2ccccc2CSc2ccccc21.Cl. The number of benzene rings is 2. The molecule has 0 atom stereocenters. The van der Waals surface area contributed by atoms with Crippen molar-refractivity contribution < 1.29 is 0 Å². The van der Waals surface area contributed by atoms with Crippen molar-refractivity contribution in [3.8, 4) is 12.3 Å². The van der Waals surface area contributed by atoms with Crippen LogP contribution in [0.4, 0.5) is 0 Å². The zero-order valence-electron chi connectivity index (χ0n) is 13.9. The minimum atomic E-state index is 0. The maximum Gasteiger partial charge on any atom is 0.0596 e. The van der Waals surface area contributed by atoms with Crippen LogP contribution in [-0.2, 0) is 5.75 Å². The maximum absolute atomic E-state index is 5.38. The molecule has 0 saturated carbocycles. The predicted octanol–water partition coefficient (Wildman–Crippen LogP) is 5.10. The number of terminal acetylenes is 1. The number of thioether (sulfide) groups is 1. The Labute approximate surface area is 155 Å². The molecule has 2 aromatic rings. The van der Waals surface area contributed by atoms with Crippen molar-refractivity contribution in [1.82, 2.24) is 4.90 Å². The molecule has 0 radical (unpaired) electrons. The zero-order chi connectivity index (χ0) is 16.1. The maximum atomic E-state index is 5.38. The van der Waals surface area contributed by atoms with Crippen LogP contribution in [0.5, 0.6) is 0 Å². The third-order valence-electron chi connectivity index (χ3n) is 4.09. The minimum absolute atomic E-state index is 0. The van der Waals surface area contributed by atoms with Gasteiger partial charge in [0, 0.05) is 17.2 Å². The molecule has 0 aliphatic carbocycles. The van der Waals surface area contributed by atoms with Gasteiger partial charge in [-0.1, -0.05) is 54.5 Å². The summed E-state index contributed by atoms with van der Waals surface area (Å²) in [6, 6.07) is 17.5. The molecule has 0 saturated heterocycles. The van der Waals surface area contributed by atoms with Gasteiger partial charge in [0.25, 0.3) is 0 Å². The molecule has 0 amide bonds. The lowest BCUT2D eigenvalue weighted by atomic mass is 9.93. The van der Waals surface area contributed by atoms with Crippen molar-refractivity contribution >= 4 is 29.7 Å². The minimum Gasteiger partial charge on any atom is -0.295 e. The zero-order valence-corrected chi connectivity index (χ0v) is 15.5. The Morgan fingerprint density at radius 3 is 2.62 bits per heavy atom. The standard InChI is InChI=1S/C21H21NS.ClH/c1-3-14-22(2)15-8-12-19-18-10-5-4-9-17(18)16-23-21-13-7-6-11-20(19)21;/h1,4-7,9-13H,8,14-16H2,2H3;1H/b19-12+;. The van der Waals surface area contributed by atoms with Crippen LogP contribution in [0.15, 0.2) is 59.5 Å². The molecule has 1 aliphatic rings. The highest BCUT2D eigenvalue weighted by atomic mass is 35.5. The summed E-state index contributed by atoms with van der Waals surface area (Å²) in [6.07, 6.45) is 8.75. The Morgan fingerprint density at radius 1 is 1.12 bits per heavy atom. The summed E-state index contributed by atoms with van der Waals surface area (Å²) >= 11 is 1.93. The average molecular weight is 356 g/mol. The van der Waals surface area contributed by atoms with E-state index in [1.165, 1.54) is 27.2 Å². The first-order chi connectivity index (χ1) is 11.3. The Bertz CT molecular complexity index is 711. The van der Waals surface area contributed by atoms with Gasteiger partial charge in [-0.25, -0.2) is 0 Å². The molecular weight excluding hydrogens is 334 g/mol. The molecule has 1 aliphatic heterocycles. The summed E-state index contributed by atoms with van der Waals surface area (Å²) in [7, 11) is 2.07. The molecule has 2 aromatic carbocycles. The van der Waals surface area contributed by atoms with Crippen LogP contribution in [0, 0.1) is 12.3 Å². The van der Waals surface area contributed by atoms with Gasteiger partial charge in [0.05, 0.1) is 6.54 Å². The number of rotatable bonds is 4. The summed E-state index contributed by atoms with van der Waals surface area (Å²) in [5.41, 5.74) is 5.49. The van der Waals surface area contributed by atoms with E-state index in [1.54, 1.807) is 0 Å². The van der Waals surface area contributed by atoms with Crippen molar-refractivity contribution in [1.29, 1.82) is 0 Å². The van der Waals surface area contributed by atoms with Gasteiger partial charge in [-0.2, -0.15) is 0 Å². The van der Waals surface area contributed by atoms with Gasteiger partial charge in [0.1, 0.15) is 0 Å². The lowest BCUT2D eigenvalue weighted by Gasteiger charge is -2.14. The Kier molecular flexibility index (Phi) is 6.99. The number of hydrogen-bond donors (Lipinski definition) is 0. The first-order valence-electron chi connectivity index (χ1n) is 7.92. The molecule has 0 N–H and O–H groups in total. The van der Waals surface area contributed by atoms with E-state index in [0.29, 0.717) is 6.54 Å². The van der Waals surface area contributed by atoms with Crippen LogP contribution in [-0.4, -0.2) is 25.0 Å². The van der Waals surface area contributed by atoms with Gasteiger partial charge in [0.2, 0.25) is 0 Å². The van der Waals surface area contributed by atoms with Crippen LogP contribution >= 0.6 is 24.2 Å². The fraction of sp³-hybridized carbons (Fsp3) is 0.238. The first-order valence-corrected chi connectivity index (χ1v) is 8.91. The average Bonchev–Trinajstić information content (AvgIpc) is 2.73. The second-order valence-electron chi connectivity index (χ2n) is 5.79. The fourth-order valence-electron chi connectivity index (χ4n) is 2.91. The highest BCUT2D eigenvalue weighted by molar-refractivity contribution is 7.98. The molecule has 3 rings (SSSR count). The lowest BCUT2D eigenvalue weighted by molar-refractivity contribution is 0.384. The molecule has 124 valence electrons. The van der Waals surface area contributed by atoms with Crippen molar-refractivity contribution in [2.75, 3.05) is 20.1 Å². The Morgan fingerprint density at radius 2 is 1.83 bits per heavy atom. The molecule has 0 bridgehead atoms. The van der Waals surface area contributed by atoms with E-state index < -0.39 is 0 Å². The Hall–Kier alpha value is -1.66. The molecule has 0 spiro atoms. The first kappa shape index (κ1) is 18.7. The number of fused-ring (bicyclic) bond motifs is 2. The van der Waals surface area contributed by atoms with Crippen molar-refractivity contribution in [2.24, 2.45) is 0 Å². The monoisotopic (exact) mass is 355 g/mol. The van der Waals surface area contributed by atoms with Crippen LogP contribution in [0.25, 0.3) is 5.57 Å². The summed E-state index contributed by atoms with van der Waals surface area (Å²) in [4.78, 5) is 3.55. The van der Waals surface area contributed by atoms with E-state index in [-0.39, 0.29) is 12.4 Å². The largest absolute Gasteiger partial charge is 0.295 e. The highest BCUT2D eigenvalue weighted by Gasteiger charge is 2.17. The topological polar surface area (TPSA) is 3.24 Å². The number of halogens is 1. The summed E-state index contributed by atoms with van der Waals surface area (Å²) in [5.74, 6) is 3.73. The van der Waals surface area contributed by atoms with Crippen molar-refractivity contribution in [3.63, 3.8) is 0 Å².